The van der Waals surface area contributed by atoms with E-state index in [2.05, 4.69) is 17.8 Å². The second kappa shape index (κ2) is 8.37. The first-order valence-corrected chi connectivity index (χ1v) is 12.5. The Morgan fingerprint density at radius 2 is 1.55 bits per heavy atom. The zero-order valence-corrected chi connectivity index (χ0v) is 18.6. The minimum atomic E-state index is -5.22. The molecule has 1 unspecified atom stereocenters. The van der Waals surface area contributed by atoms with E-state index in [4.69, 9.17) is 0 Å². The lowest BCUT2D eigenvalue weighted by atomic mass is 9.90. The second-order valence-corrected chi connectivity index (χ2v) is 10.6. The van der Waals surface area contributed by atoms with E-state index < -0.39 is 43.6 Å². The Kier molecular flexibility index (Phi) is 6.33. The molecule has 0 aromatic heterocycles. The van der Waals surface area contributed by atoms with Gasteiger partial charge in [-0.15, -0.1) is 0 Å². The molecule has 0 saturated heterocycles. The van der Waals surface area contributed by atoms with Crippen LogP contribution in [0.4, 0.5) is 26.3 Å². The molecular weight excluding hydrogens is 434 g/mol. The van der Waals surface area contributed by atoms with Crippen LogP contribution in [-0.2, 0) is 12.4 Å². The van der Waals surface area contributed by atoms with Gasteiger partial charge < -0.3 is 4.74 Å². The predicted molar refractivity (Wildman–Crippen MR) is 112 cm³/mol. The molecule has 1 atom stereocenters. The quantitative estimate of drug-likeness (QED) is 0.327. The Labute approximate surface area is 179 Å². The van der Waals surface area contributed by atoms with E-state index in [0.29, 0.717) is 5.56 Å². The minimum Gasteiger partial charge on any atom is -0.496 e. The summed E-state index contributed by atoms with van der Waals surface area (Å²) in [6, 6.07) is 7.02. The molecule has 2 aromatic carbocycles. The van der Waals surface area contributed by atoms with Gasteiger partial charge in [-0.2, -0.15) is 26.3 Å². The number of halogens is 6. The van der Waals surface area contributed by atoms with Crippen LogP contribution in [0.15, 0.2) is 35.9 Å². The summed E-state index contributed by atoms with van der Waals surface area (Å²) in [6.07, 6.45) is -6.87. The van der Waals surface area contributed by atoms with Gasteiger partial charge in [0.25, 0.3) is 0 Å². The van der Waals surface area contributed by atoms with E-state index >= 15 is 0 Å². The summed E-state index contributed by atoms with van der Waals surface area (Å²) >= 11 is 0. The first-order valence-electron chi connectivity index (χ1n) is 9.91. The molecule has 0 N–H and O–H groups in total. The third-order valence-corrected chi connectivity index (χ3v) is 7.35. The number of allylic oxidation sites excluding steroid dienone is 1. The Hall–Kier alpha value is -2.22. The monoisotopic (exact) mass is 457 g/mol. The average molecular weight is 458 g/mol. The van der Waals surface area contributed by atoms with E-state index in [1.54, 1.807) is 6.07 Å². The van der Waals surface area contributed by atoms with Gasteiger partial charge in [0, 0.05) is 0 Å². The highest BCUT2D eigenvalue weighted by Crippen LogP contribution is 2.51. The van der Waals surface area contributed by atoms with Crippen molar-refractivity contribution in [3.05, 3.63) is 58.2 Å². The molecule has 0 heterocycles. The van der Waals surface area contributed by atoms with Gasteiger partial charge in [0.15, 0.2) is 0 Å². The Bertz CT molecular complexity index is 1000. The first kappa shape index (κ1) is 23.4. The van der Waals surface area contributed by atoms with Gasteiger partial charge in [-0.3, -0.25) is 0 Å². The van der Waals surface area contributed by atoms with Gasteiger partial charge in [0.05, 0.1) is 21.5 Å². The molecule has 1 nitrogen and oxygen atoms in total. The standard InChI is InChI=1S/C23H23F6OSi/c1-5-7-13-12-17-14(8-6-9-16(17)21(13)31(3)4)15-10-11-18(30-2)20(23(27,28)29)19(15)22(24,25)26/h6,8-12,21H,5,7H2,1-4H3. The van der Waals surface area contributed by atoms with Gasteiger partial charge >= 0.3 is 12.4 Å². The molecule has 31 heavy (non-hydrogen) atoms. The number of alkyl halides is 6. The van der Waals surface area contributed by atoms with Gasteiger partial charge in [-0.1, -0.05) is 62.4 Å². The summed E-state index contributed by atoms with van der Waals surface area (Å²) < 4.78 is 88.0. The lowest BCUT2D eigenvalue weighted by molar-refractivity contribution is -0.162. The Morgan fingerprint density at radius 1 is 0.903 bits per heavy atom. The summed E-state index contributed by atoms with van der Waals surface area (Å²) in [4.78, 5) is 0. The Balaban J connectivity index is 2.37. The fourth-order valence-electron chi connectivity index (χ4n) is 4.44. The molecule has 0 bridgehead atoms. The van der Waals surface area contributed by atoms with Crippen LogP contribution in [0.5, 0.6) is 5.75 Å². The fraction of sp³-hybridized carbons (Fsp3) is 0.391. The molecule has 1 aliphatic carbocycles. The number of ether oxygens (including phenoxy) is 1. The molecule has 3 rings (SSSR count). The van der Waals surface area contributed by atoms with Crippen molar-refractivity contribution in [2.75, 3.05) is 7.11 Å². The first-order chi connectivity index (χ1) is 14.4. The number of fused-ring (bicyclic) bond motifs is 1. The summed E-state index contributed by atoms with van der Waals surface area (Å²) in [5, 5.41) is 0. The second-order valence-electron chi connectivity index (χ2n) is 7.85. The maximum Gasteiger partial charge on any atom is 0.420 e. The number of methoxy groups -OCH3 is 1. The smallest absolute Gasteiger partial charge is 0.420 e. The summed E-state index contributed by atoms with van der Waals surface area (Å²) in [5.41, 5.74) is -1.05. The fourth-order valence-corrected chi connectivity index (χ4v) is 6.28. The molecule has 1 aliphatic rings. The lowest BCUT2D eigenvalue weighted by Gasteiger charge is -2.23. The highest BCUT2D eigenvalue weighted by atomic mass is 28.3. The van der Waals surface area contributed by atoms with Crippen molar-refractivity contribution in [3.8, 4) is 16.9 Å². The predicted octanol–water partition coefficient (Wildman–Crippen LogP) is 7.97. The van der Waals surface area contributed by atoms with E-state index in [0.717, 1.165) is 43.2 Å². The zero-order chi connectivity index (χ0) is 23.1. The summed E-state index contributed by atoms with van der Waals surface area (Å²) in [7, 11) is 0.0693. The number of hydrogen-bond donors (Lipinski definition) is 0. The van der Waals surface area contributed by atoms with Crippen LogP contribution < -0.4 is 4.74 Å². The highest BCUT2D eigenvalue weighted by molar-refractivity contribution is 6.58. The molecule has 0 aliphatic heterocycles. The third kappa shape index (κ3) is 4.27. The molecule has 0 fully saturated rings. The van der Waals surface area contributed by atoms with Crippen molar-refractivity contribution in [1.29, 1.82) is 0 Å². The van der Waals surface area contributed by atoms with Crippen LogP contribution in [0, 0.1) is 0 Å². The van der Waals surface area contributed by atoms with Gasteiger partial charge in [-0.25, -0.2) is 0 Å². The number of benzene rings is 2. The highest BCUT2D eigenvalue weighted by Gasteiger charge is 2.48. The van der Waals surface area contributed by atoms with Crippen LogP contribution in [-0.4, -0.2) is 15.9 Å². The molecule has 1 radical (unpaired) electrons. The molecule has 0 spiro atoms. The van der Waals surface area contributed by atoms with Crippen molar-refractivity contribution < 1.29 is 31.1 Å². The Morgan fingerprint density at radius 3 is 2.06 bits per heavy atom. The third-order valence-electron chi connectivity index (χ3n) is 5.51. The molecule has 8 heteroatoms. The van der Waals surface area contributed by atoms with E-state index in [1.165, 1.54) is 6.07 Å². The van der Waals surface area contributed by atoms with Gasteiger partial charge in [0.1, 0.15) is 11.3 Å². The van der Waals surface area contributed by atoms with Crippen LogP contribution >= 0.6 is 0 Å². The van der Waals surface area contributed by atoms with Crippen LogP contribution in [0.2, 0.25) is 13.1 Å². The van der Waals surface area contributed by atoms with Gasteiger partial charge in [0.2, 0.25) is 0 Å². The van der Waals surface area contributed by atoms with Crippen LogP contribution in [0.1, 0.15) is 47.6 Å². The number of hydrogen-bond acceptors (Lipinski definition) is 1. The maximum atomic E-state index is 14.0. The maximum absolute atomic E-state index is 14.0. The SMILES string of the molecule is CCCC1=Cc2c(-c3ccc(OC)c(C(F)(F)F)c3C(F)(F)F)cccc2C1[Si](C)C. The average Bonchev–Trinajstić information content (AvgIpc) is 3.04. The van der Waals surface area contributed by atoms with Crippen molar-refractivity contribution in [3.63, 3.8) is 0 Å². The number of rotatable bonds is 5. The van der Waals surface area contributed by atoms with E-state index in [-0.39, 0.29) is 11.1 Å². The van der Waals surface area contributed by atoms with Crippen molar-refractivity contribution in [1.82, 2.24) is 0 Å². The molecule has 2 aromatic rings. The normalized spacial score (nSPS) is 16.5. The van der Waals surface area contributed by atoms with Crippen LogP contribution in [0.3, 0.4) is 0 Å². The molecular formula is C23H23F6OSi. The minimum absolute atomic E-state index is 0.134. The molecule has 0 amide bonds. The van der Waals surface area contributed by atoms with Crippen LogP contribution in [0.25, 0.3) is 17.2 Å². The molecule has 0 saturated carbocycles. The lowest BCUT2D eigenvalue weighted by Crippen LogP contribution is -2.19. The summed E-state index contributed by atoms with van der Waals surface area (Å²) in [5.74, 6) is -0.844. The topological polar surface area (TPSA) is 9.23 Å². The van der Waals surface area contributed by atoms with Crippen molar-refractivity contribution in [2.45, 2.75) is 50.8 Å². The zero-order valence-electron chi connectivity index (χ0n) is 17.6. The largest absolute Gasteiger partial charge is 0.496 e. The molecule has 167 valence electrons. The van der Waals surface area contributed by atoms with Crippen molar-refractivity contribution in [2.24, 2.45) is 0 Å². The van der Waals surface area contributed by atoms with Gasteiger partial charge in [-0.05, 0) is 40.3 Å². The van der Waals surface area contributed by atoms with E-state index in [9.17, 15) is 26.3 Å². The van der Waals surface area contributed by atoms with Crippen molar-refractivity contribution >= 4 is 14.9 Å². The summed E-state index contributed by atoms with van der Waals surface area (Å²) in [6.45, 7) is 6.30. The van der Waals surface area contributed by atoms with E-state index in [1.807, 2.05) is 19.1 Å².